The molecule has 2 heterocycles. The second-order valence-electron chi connectivity index (χ2n) is 9.64. The fraction of sp³-hybridized carbons (Fsp3) is 0.276. The molecular weight excluding hydrogens is 523 g/mol. The molecular formula is C29H28F3N5O3. The molecule has 2 N–H and O–H groups in total. The number of alkyl halides is 3. The standard InChI is InChI=1S/C29H28F3N5O3/c1-40-28(39)37-25-11-5-10-24(23(25)17-33-37)35-27(38)34-22-15-20-12-13-21(29(30,31)32)16-26(20)36(18-22)14-6-9-19-7-3-2-4-8-19/h2-5,7-8,10-13,16-17,22H,6,9,14-15,18H2,1H3,(H2,34,35,38). The Kier molecular flexibility index (Phi) is 7.63. The number of benzene rings is 3. The lowest BCUT2D eigenvalue weighted by molar-refractivity contribution is -0.137. The van der Waals surface area contributed by atoms with E-state index in [1.54, 1.807) is 18.2 Å². The molecule has 1 aliphatic rings. The number of carbonyl (C=O) groups is 2. The Bertz CT molecular complexity index is 1520. The van der Waals surface area contributed by atoms with Gasteiger partial charge in [-0.05, 0) is 54.7 Å². The summed E-state index contributed by atoms with van der Waals surface area (Å²) in [5, 5.41) is 10.4. The number of halogens is 3. The number of aromatic nitrogens is 2. The van der Waals surface area contributed by atoms with Crippen molar-refractivity contribution in [1.29, 1.82) is 0 Å². The van der Waals surface area contributed by atoms with E-state index in [0.29, 0.717) is 41.8 Å². The molecule has 1 unspecified atom stereocenters. The fourth-order valence-electron chi connectivity index (χ4n) is 5.06. The zero-order valence-corrected chi connectivity index (χ0v) is 21.7. The van der Waals surface area contributed by atoms with E-state index in [1.165, 1.54) is 25.4 Å². The molecule has 8 nitrogen and oxygen atoms in total. The molecule has 0 saturated heterocycles. The maximum Gasteiger partial charge on any atom is 0.434 e. The molecule has 11 heteroatoms. The number of hydrogen-bond donors (Lipinski definition) is 2. The minimum absolute atomic E-state index is 0.335. The molecule has 0 bridgehead atoms. The zero-order chi connectivity index (χ0) is 28.3. The van der Waals surface area contributed by atoms with Gasteiger partial charge < -0.3 is 20.3 Å². The number of nitrogens with zero attached hydrogens (tertiary/aromatic N) is 3. The molecule has 40 heavy (non-hydrogen) atoms. The first-order chi connectivity index (χ1) is 19.2. The normalized spacial score (nSPS) is 15.0. The van der Waals surface area contributed by atoms with Crippen LogP contribution in [0.3, 0.4) is 0 Å². The Labute approximate surface area is 228 Å². The van der Waals surface area contributed by atoms with Crippen LogP contribution in [0, 0.1) is 0 Å². The Balaban J connectivity index is 1.31. The number of aryl methyl sites for hydroxylation is 1. The van der Waals surface area contributed by atoms with E-state index in [9.17, 15) is 22.8 Å². The van der Waals surface area contributed by atoms with Gasteiger partial charge in [0.25, 0.3) is 0 Å². The molecule has 0 saturated carbocycles. The molecule has 0 radical (unpaired) electrons. The van der Waals surface area contributed by atoms with Crippen LogP contribution in [0.15, 0.2) is 72.9 Å². The van der Waals surface area contributed by atoms with Crippen LogP contribution in [0.2, 0.25) is 0 Å². The number of amides is 2. The highest BCUT2D eigenvalue weighted by atomic mass is 19.4. The molecule has 0 fully saturated rings. The average Bonchev–Trinajstić information content (AvgIpc) is 3.38. The topological polar surface area (TPSA) is 88.5 Å². The van der Waals surface area contributed by atoms with E-state index in [0.717, 1.165) is 34.7 Å². The minimum atomic E-state index is -4.44. The smallest absolute Gasteiger partial charge is 0.434 e. The predicted octanol–water partition coefficient (Wildman–Crippen LogP) is 5.86. The van der Waals surface area contributed by atoms with Crippen molar-refractivity contribution in [2.45, 2.75) is 31.5 Å². The summed E-state index contributed by atoms with van der Waals surface area (Å²) in [5.41, 5.74) is 2.68. The number of fused-ring (bicyclic) bond motifs is 2. The second-order valence-corrected chi connectivity index (χ2v) is 9.64. The molecule has 0 aliphatic carbocycles. The van der Waals surface area contributed by atoms with Crippen LogP contribution in [-0.2, 0) is 23.8 Å². The Morgan fingerprint density at radius 3 is 2.62 bits per heavy atom. The lowest BCUT2D eigenvalue weighted by Gasteiger charge is -2.37. The fourth-order valence-corrected chi connectivity index (χ4v) is 5.06. The van der Waals surface area contributed by atoms with Gasteiger partial charge in [-0.2, -0.15) is 23.0 Å². The van der Waals surface area contributed by atoms with Gasteiger partial charge in [-0.15, -0.1) is 0 Å². The third kappa shape index (κ3) is 5.88. The summed E-state index contributed by atoms with van der Waals surface area (Å²) in [7, 11) is 1.25. The number of anilines is 2. The maximum absolute atomic E-state index is 13.5. The minimum Gasteiger partial charge on any atom is -0.451 e. The summed E-state index contributed by atoms with van der Waals surface area (Å²) < 4.78 is 46.3. The van der Waals surface area contributed by atoms with E-state index in [1.807, 2.05) is 35.2 Å². The number of methoxy groups -OCH3 is 1. The summed E-state index contributed by atoms with van der Waals surface area (Å²) in [6, 6.07) is 17.9. The Morgan fingerprint density at radius 1 is 1.07 bits per heavy atom. The maximum atomic E-state index is 13.5. The van der Waals surface area contributed by atoms with Gasteiger partial charge in [0.1, 0.15) is 0 Å². The number of urea groups is 1. The molecule has 5 rings (SSSR count). The molecule has 4 aromatic rings. The Hall–Kier alpha value is -4.54. The van der Waals surface area contributed by atoms with Crippen molar-refractivity contribution in [1.82, 2.24) is 15.1 Å². The van der Waals surface area contributed by atoms with E-state index in [-0.39, 0.29) is 6.04 Å². The first kappa shape index (κ1) is 27.0. The van der Waals surface area contributed by atoms with Gasteiger partial charge in [0.15, 0.2) is 0 Å². The predicted molar refractivity (Wildman–Crippen MR) is 146 cm³/mol. The molecule has 2 amide bonds. The van der Waals surface area contributed by atoms with E-state index in [2.05, 4.69) is 15.7 Å². The summed E-state index contributed by atoms with van der Waals surface area (Å²) in [4.78, 5) is 26.9. The lowest BCUT2D eigenvalue weighted by atomic mass is 9.95. The van der Waals surface area contributed by atoms with E-state index >= 15 is 0 Å². The third-order valence-corrected chi connectivity index (χ3v) is 6.94. The van der Waals surface area contributed by atoms with Crippen LogP contribution in [0.4, 0.5) is 34.1 Å². The summed E-state index contributed by atoms with van der Waals surface area (Å²) in [6.45, 7) is 0.899. The van der Waals surface area contributed by atoms with Crippen molar-refractivity contribution < 1.29 is 27.5 Å². The zero-order valence-electron chi connectivity index (χ0n) is 21.7. The van der Waals surface area contributed by atoms with E-state index < -0.39 is 23.9 Å². The van der Waals surface area contributed by atoms with Gasteiger partial charge in [-0.3, -0.25) is 0 Å². The van der Waals surface area contributed by atoms with Crippen molar-refractivity contribution in [2.75, 3.05) is 30.4 Å². The quantitative estimate of drug-likeness (QED) is 0.314. The van der Waals surface area contributed by atoms with Crippen LogP contribution in [0.25, 0.3) is 10.9 Å². The third-order valence-electron chi connectivity index (χ3n) is 6.94. The van der Waals surface area contributed by atoms with Crippen LogP contribution in [-0.4, -0.2) is 48.1 Å². The number of ether oxygens (including phenoxy) is 1. The highest BCUT2D eigenvalue weighted by Crippen LogP contribution is 2.36. The van der Waals surface area contributed by atoms with Gasteiger partial charge in [-0.1, -0.05) is 42.5 Å². The Morgan fingerprint density at radius 2 is 1.88 bits per heavy atom. The molecule has 1 aliphatic heterocycles. The molecule has 1 aromatic heterocycles. The number of carbonyl (C=O) groups excluding carboxylic acids is 2. The van der Waals surface area contributed by atoms with Crippen molar-refractivity contribution in [3.63, 3.8) is 0 Å². The molecule has 208 valence electrons. The summed E-state index contributed by atoms with van der Waals surface area (Å²) in [6.07, 6.45) is -1.72. The SMILES string of the molecule is COC(=O)n1ncc2c(NC(=O)NC3Cc4ccc(C(F)(F)F)cc4N(CCCc4ccccc4)C3)cccc21. The molecule has 1 atom stereocenters. The van der Waals surface area contributed by atoms with Crippen molar-refractivity contribution >= 4 is 34.4 Å². The highest BCUT2D eigenvalue weighted by molar-refractivity contribution is 6.02. The monoisotopic (exact) mass is 551 g/mol. The van der Waals surface area contributed by atoms with Gasteiger partial charge in [-0.25, -0.2) is 9.59 Å². The van der Waals surface area contributed by atoms with Crippen LogP contribution in [0.1, 0.15) is 23.1 Å². The number of hydrogen-bond acceptors (Lipinski definition) is 5. The number of rotatable bonds is 6. The van der Waals surface area contributed by atoms with Gasteiger partial charge in [0.05, 0.1) is 36.1 Å². The first-order valence-electron chi connectivity index (χ1n) is 12.8. The van der Waals surface area contributed by atoms with Crippen molar-refractivity contribution in [3.05, 3.63) is 89.6 Å². The summed E-state index contributed by atoms with van der Waals surface area (Å²) >= 11 is 0. The molecule has 0 spiro atoms. The van der Waals surface area contributed by atoms with Gasteiger partial charge in [0.2, 0.25) is 0 Å². The molecule has 3 aromatic carbocycles. The van der Waals surface area contributed by atoms with Crippen molar-refractivity contribution in [3.8, 4) is 0 Å². The number of nitrogens with one attached hydrogen (secondary N) is 2. The van der Waals surface area contributed by atoms with Crippen LogP contribution in [0.5, 0.6) is 0 Å². The average molecular weight is 552 g/mol. The van der Waals surface area contributed by atoms with Crippen LogP contribution >= 0.6 is 0 Å². The summed E-state index contributed by atoms with van der Waals surface area (Å²) in [5.74, 6) is 0. The highest BCUT2D eigenvalue weighted by Gasteiger charge is 2.33. The van der Waals surface area contributed by atoms with Gasteiger partial charge >= 0.3 is 18.3 Å². The lowest BCUT2D eigenvalue weighted by Crippen LogP contribution is -2.49. The largest absolute Gasteiger partial charge is 0.451 e. The first-order valence-corrected chi connectivity index (χ1v) is 12.8. The second kappa shape index (κ2) is 11.3. The van der Waals surface area contributed by atoms with Gasteiger partial charge in [0, 0.05) is 24.2 Å². The van der Waals surface area contributed by atoms with Crippen molar-refractivity contribution in [2.24, 2.45) is 0 Å². The van der Waals surface area contributed by atoms with E-state index in [4.69, 9.17) is 4.74 Å². The van der Waals surface area contributed by atoms with Crippen LogP contribution < -0.4 is 15.5 Å².